The molecule has 1 aromatic heterocycles. The molecule has 0 aliphatic carbocycles. The van der Waals surface area contributed by atoms with Gasteiger partial charge in [0.25, 0.3) is 0 Å². The highest BCUT2D eigenvalue weighted by Crippen LogP contribution is 2.28. The number of fused-ring (bicyclic) bond motifs is 1. The lowest BCUT2D eigenvalue weighted by Crippen LogP contribution is -1.87. The highest BCUT2D eigenvalue weighted by atomic mass is 35.5. The second-order valence-corrected chi connectivity index (χ2v) is 5.35. The van der Waals surface area contributed by atoms with E-state index in [9.17, 15) is 5.11 Å². The Balaban J connectivity index is 1.89. The van der Waals surface area contributed by atoms with Crippen LogP contribution in [0.3, 0.4) is 0 Å². The molecule has 0 atom stereocenters. The van der Waals surface area contributed by atoms with Gasteiger partial charge in [0.05, 0.1) is 17.6 Å². The van der Waals surface area contributed by atoms with Crippen LogP contribution >= 0.6 is 11.6 Å². The van der Waals surface area contributed by atoms with Crippen LogP contribution in [-0.2, 0) is 13.6 Å². The first-order chi connectivity index (χ1) is 10.2. The summed E-state index contributed by atoms with van der Waals surface area (Å²) in [7, 11) is 1.84. The summed E-state index contributed by atoms with van der Waals surface area (Å²) >= 11 is 5.86. The molecule has 0 unspecified atom stereocenters. The van der Waals surface area contributed by atoms with E-state index in [1.54, 1.807) is 10.8 Å². The van der Waals surface area contributed by atoms with Crippen LogP contribution in [0, 0.1) is 0 Å². The van der Waals surface area contributed by atoms with Crippen LogP contribution in [0.5, 0.6) is 5.88 Å². The Morgan fingerprint density at radius 1 is 1.14 bits per heavy atom. The zero-order chi connectivity index (χ0) is 14.8. The molecule has 0 saturated carbocycles. The summed E-state index contributed by atoms with van der Waals surface area (Å²) < 4.78 is 1.76. The monoisotopic (exact) mass is 298 g/mol. The third-order valence-electron chi connectivity index (χ3n) is 3.52. The summed E-state index contributed by atoms with van der Waals surface area (Å²) in [5.74, 6) is 0.232. The van der Waals surface area contributed by atoms with E-state index in [0.29, 0.717) is 6.54 Å². The number of aliphatic imine (C=N–C) groups is 1. The minimum absolute atomic E-state index is 0.232. The Bertz CT molecular complexity index is 804. The Hall–Kier alpha value is -2.26. The molecule has 0 spiro atoms. The van der Waals surface area contributed by atoms with Gasteiger partial charge >= 0.3 is 0 Å². The Morgan fingerprint density at radius 3 is 2.62 bits per heavy atom. The van der Waals surface area contributed by atoms with Crippen molar-refractivity contribution in [3.63, 3.8) is 0 Å². The van der Waals surface area contributed by atoms with E-state index >= 15 is 0 Å². The van der Waals surface area contributed by atoms with Crippen LogP contribution < -0.4 is 0 Å². The Kier molecular flexibility index (Phi) is 3.67. The van der Waals surface area contributed by atoms with E-state index in [0.717, 1.165) is 27.1 Å². The van der Waals surface area contributed by atoms with Gasteiger partial charge in [-0.1, -0.05) is 41.9 Å². The van der Waals surface area contributed by atoms with Gasteiger partial charge in [-0.2, -0.15) is 0 Å². The first kappa shape index (κ1) is 13.7. The predicted octanol–water partition coefficient (Wildman–Crippen LogP) is 4.16. The summed E-state index contributed by atoms with van der Waals surface area (Å²) in [5.41, 5.74) is 2.82. The summed E-state index contributed by atoms with van der Waals surface area (Å²) in [5, 5.41) is 11.9. The third kappa shape index (κ3) is 2.65. The fourth-order valence-corrected chi connectivity index (χ4v) is 2.49. The summed E-state index contributed by atoms with van der Waals surface area (Å²) in [4.78, 5) is 4.42. The van der Waals surface area contributed by atoms with E-state index in [4.69, 9.17) is 11.6 Å². The van der Waals surface area contributed by atoms with Crippen LogP contribution in [0.4, 0.5) is 0 Å². The quantitative estimate of drug-likeness (QED) is 0.725. The molecule has 4 heteroatoms. The van der Waals surface area contributed by atoms with Crippen molar-refractivity contribution in [1.82, 2.24) is 4.57 Å². The summed E-state index contributed by atoms with van der Waals surface area (Å²) in [6, 6.07) is 15.5. The van der Waals surface area contributed by atoms with Gasteiger partial charge in [0, 0.05) is 23.7 Å². The van der Waals surface area contributed by atoms with E-state index in [1.807, 2.05) is 55.6 Å². The van der Waals surface area contributed by atoms with Crippen LogP contribution in [0.25, 0.3) is 10.9 Å². The van der Waals surface area contributed by atoms with E-state index in [1.165, 1.54) is 0 Å². The Morgan fingerprint density at radius 2 is 1.86 bits per heavy atom. The number of hydrogen-bond acceptors (Lipinski definition) is 2. The molecule has 21 heavy (non-hydrogen) atoms. The van der Waals surface area contributed by atoms with Gasteiger partial charge in [-0.15, -0.1) is 0 Å². The maximum atomic E-state index is 10.2. The minimum atomic E-state index is 0.232. The molecule has 0 fully saturated rings. The van der Waals surface area contributed by atoms with Gasteiger partial charge in [-0.05, 0) is 23.8 Å². The van der Waals surface area contributed by atoms with E-state index in [-0.39, 0.29) is 5.88 Å². The normalized spacial score (nSPS) is 11.5. The lowest BCUT2D eigenvalue weighted by molar-refractivity contribution is 0.434. The third-order valence-corrected chi connectivity index (χ3v) is 3.77. The van der Waals surface area contributed by atoms with Crippen molar-refractivity contribution < 1.29 is 5.11 Å². The van der Waals surface area contributed by atoms with Gasteiger partial charge in [0.15, 0.2) is 0 Å². The SMILES string of the molecule is Cn1c(O)c(C=NCc2ccc(Cl)cc2)c2ccccc21. The molecule has 0 bridgehead atoms. The van der Waals surface area contributed by atoms with Crippen LogP contribution in [0.1, 0.15) is 11.1 Å². The number of para-hydroxylation sites is 1. The first-order valence-electron chi connectivity index (χ1n) is 6.67. The molecule has 0 saturated heterocycles. The standard InChI is InChI=1S/C17H15ClN2O/c1-20-16-5-3-2-4-14(16)15(17(20)21)11-19-10-12-6-8-13(18)9-7-12/h2-9,11,21H,10H2,1H3. The number of aromatic nitrogens is 1. The molecule has 106 valence electrons. The molecule has 1 N–H and O–H groups in total. The molecule has 3 rings (SSSR count). The number of rotatable bonds is 3. The highest BCUT2D eigenvalue weighted by molar-refractivity contribution is 6.30. The molecule has 1 heterocycles. The maximum Gasteiger partial charge on any atom is 0.200 e. The molecule has 2 aromatic carbocycles. The smallest absolute Gasteiger partial charge is 0.200 e. The number of benzene rings is 2. The number of aryl methyl sites for hydroxylation is 1. The van der Waals surface area contributed by atoms with Crippen molar-refractivity contribution in [3.05, 3.63) is 64.7 Å². The van der Waals surface area contributed by atoms with Gasteiger partial charge in [-0.25, -0.2) is 0 Å². The highest BCUT2D eigenvalue weighted by Gasteiger charge is 2.11. The first-order valence-corrected chi connectivity index (χ1v) is 7.05. The van der Waals surface area contributed by atoms with Crippen molar-refractivity contribution >= 4 is 28.7 Å². The molecule has 0 amide bonds. The molecule has 3 nitrogen and oxygen atoms in total. The lowest BCUT2D eigenvalue weighted by atomic mass is 10.2. The fraction of sp³-hybridized carbons (Fsp3) is 0.118. The zero-order valence-electron chi connectivity index (χ0n) is 11.6. The average molecular weight is 299 g/mol. The number of hydrogen-bond donors (Lipinski definition) is 1. The Labute approximate surface area is 128 Å². The van der Waals surface area contributed by atoms with Crippen molar-refractivity contribution in [3.8, 4) is 5.88 Å². The molecule has 0 aliphatic rings. The summed E-state index contributed by atoms with van der Waals surface area (Å²) in [6.07, 6.45) is 1.73. The van der Waals surface area contributed by atoms with Crippen LogP contribution in [0.2, 0.25) is 5.02 Å². The average Bonchev–Trinajstić information content (AvgIpc) is 2.75. The lowest BCUT2D eigenvalue weighted by Gasteiger charge is -1.97. The zero-order valence-corrected chi connectivity index (χ0v) is 12.4. The maximum absolute atomic E-state index is 10.2. The van der Waals surface area contributed by atoms with Crippen molar-refractivity contribution in [1.29, 1.82) is 0 Å². The van der Waals surface area contributed by atoms with Gasteiger partial charge < -0.3 is 9.67 Å². The predicted molar refractivity (Wildman–Crippen MR) is 87.3 cm³/mol. The molecular formula is C17H15ClN2O. The van der Waals surface area contributed by atoms with Crippen molar-refractivity contribution in [2.24, 2.45) is 12.0 Å². The van der Waals surface area contributed by atoms with Crippen molar-refractivity contribution in [2.45, 2.75) is 6.54 Å². The fourth-order valence-electron chi connectivity index (χ4n) is 2.37. The van der Waals surface area contributed by atoms with Gasteiger partial charge in [0.1, 0.15) is 0 Å². The molecular weight excluding hydrogens is 284 g/mol. The van der Waals surface area contributed by atoms with Crippen LogP contribution in [0.15, 0.2) is 53.5 Å². The van der Waals surface area contributed by atoms with E-state index in [2.05, 4.69) is 4.99 Å². The van der Waals surface area contributed by atoms with Crippen molar-refractivity contribution in [2.75, 3.05) is 0 Å². The number of nitrogens with zero attached hydrogens (tertiary/aromatic N) is 2. The molecule has 0 radical (unpaired) electrons. The largest absolute Gasteiger partial charge is 0.494 e. The molecule has 3 aromatic rings. The topological polar surface area (TPSA) is 37.5 Å². The number of halogens is 1. The van der Waals surface area contributed by atoms with Crippen LogP contribution in [-0.4, -0.2) is 15.9 Å². The van der Waals surface area contributed by atoms with E-state index < -0.39 is 0 Å². The second kappa shape index (κ2) is 5.62. The molecule has 0 aliphatic heterocycles. The minimum Gasteiger partial charge on any atom is -0.494 e. The second-order valence-electron chi connectivity index (χ2n) is 4.91. The number of aromatic hydroxyl groups is 1. The summed E-state index contributed by atoms with van der Waals surface area (Å²) in [6.45, 7) is 0.555. The van der Waals surface area contributed by atoms with Gasteiger partial charge in [0.2, 0.25) is 5.88 Å². The van der Waals surface area contributed by atoms with Gasteiger partial charge in [-0.3, -0.25) is 4.99 Å².